The lowest BCUT2D eigenvalue weighted by atomic mass is 10.1. The number of benzene rings is 1. The van der Waals surface area contributed by atoms with Gasteiger partial charge in [0.25, 0.3) is 0 Å². The molecule has 0 atom stereocenters. The van der Waals surface area contributed by atoms with Gasteiger partial charge in [-0.1, -0.05) is 6.07 Å². The zero-order valence-electron chi connectivity index (χ0n) is 11.2. The topological polar surface area (TPSA) is 93.1 Å². The van der Waals surface area contributed by atoms with Gasteiger partial charge in [0.2, 0.25) is 5.95 Å². The molecule has 0 amide bonds. The average molecular weight is 295 g/mol. The fourth-order valence-electron chi connectivity index (χ4n) is 2.44. The molecule has 7 heteroatoms. The number of hydrogen-bond acceptors (Lipinski definition) is 6. The molecule has 1 aromatic carbocycles. The number of anilines is 2. The van der Waals surface area contributed by atoms with Crippen LogP contribution in [-0.2, 0) is 6.54 Å². The third kappa shape index (κ3) is 3.09. The fourth-order valence-corrected chi connectivity index (χ4v) is 2.44. The van der Waals surface area contributed by atoms with Crippen molar-refractivity contribution in [3.05, 3.63) is 23.8 Å². The van der Waals surface area contributed by atoms with E-state index in [9.17, 15) is 0 Å². The van der Waals surface area contributed by atoms with E-state index in [2.05, 4.69) is 32.3 Å². The predicted molar refractivity (Wildman–Crippen MR) is 83.8 cm³/mol. The molecule has 1 aliphatic rings. The smallest absolute Gasteiger partial charge is 0.222 e. The van der Waals surface area contributed by atoms with Crippen molar-refractivity contribution in [1.82, 2.24) is 20.2 Å². The summed E-state index contributed by atoms with van der Waals surface area (Å²) in [4.78, 5) is 10.6. The van der Waals surface area contributed by atoms with Crippen molar-refractivity contribution in [3.63, 3.8) is 0 Å². The van der Waals surface area contributed by atoms with Gasteiger partial charge >= 0.3 is 0 Å². The molecule has 1 aromatic heterocycles. The molecule has 1 aliphatic heterocycles. The molecular formula is C13H19ClN6. The van der Waals surface area contributed by atoms with Gasteiger partial charge in [-0.25, -0.2) is 4.98 Å². The van der Waals surface area contributed by atoms with E-state index in [4.69, 9.17) is 11.5 Å². The van der Waals surface area contributed by atoms with Gasteiger partial charge in [0.05, 0.1) is 5.52 Å². The summed E-state index contributed by atoms with van der Waals surface area (Å²) in [6.45, 7) is 5.18. The van der Waals surface area contributed by atoms with Crippen LogP contribution in [0.25, 0.3) is 10.9 Å². The van der Waals surface area contributed by atoms with E-state index in [1.807, 2.05) is 6.07 Å². The number of aromatic nitrogens is 2. The van der Waals surface area contributed by atoms with Crippen molar-refractivity contribution in [2.75, 3.05) is 37.6 Å². The van der Waals surface area contributed by atoms with Crippen LogP contribution in [0.15, 0.2) is 18.2 Å². The number of nitrogens with two attached hydrogens (primary N) is 2. The van der Waals surface area contributed by atoms with Crippen LogP contribution in [0.2, 0.25) is 0 Å². The first-order valence-corrected chi connectivity index (χ1v) is 6.47. The normalized spacial score (nSPS) is 16.0. The lowest BCUT2D eigenvalue weighted by Gasteiger charge is -2.27. The van der Waals surface area contributed by atoms with Gasteiger partial charge in [0.15, 0.2) is 0 Å². The van der Waals surface area contributed by atoms with Crippen LogP contribution < -0.4 is 16.8 Å². The Morgan fingerprint density at radius 2 is 1.90 bits per heavy atom. The maximum Gasteiger partial charge on any atom is 0.222 e. The first kappa shape index (κ1) is 14.8. The molecule has 2 heterocycles. The van der Waals surface area contributed by atoms with E-state index >= 15 is 0 Å². The third-order valence-electron chi connectivity index (χ3n) is 3.42. The molecule has 0 unspecified atom stereocenters. The quantitative estimate of drug-likeness (QED) is 0.752. The van der Waals surface area contributed by atoms with E-state index in [0.717, 1.165) is 43.6 Å². The number of piperazine rings is 1. The highest BCUT2D eigenvalue weighted by atomic mass is 35.5. The van der Waals surface area contributed by atoms with Crippen molar-refractivity contribution in [3.8, 4) is 0 Å². The zero-order chi connectivity index (χ0) is 13.2. The molecule has 108 valence electrons. The van der Waals surface area contributed by atoms with Crippen molar-refractivity contribution in [2.24, 2.45) is 0 Å². The second kappa shape index (κ2) is 6.21. The van der Waals surface area contributed by atoms with Gasteiger partial charge in [-0.2, -0.15) is 4.98 Å². The highest BCUT2D eigenvalue weighted by Crippen LogP contribution is 2.21. The van der Waals surface area contributed by atoms with Crippen LogP contribution in [0, 0.1) is 0 Å². The second-order valence-corrected chi connectivity index (χ2v) is 4.84. The number of nitrogens with one attached hydrogen (secondary N) is 1. The van der Waals surface area contributed by atoms with Crippen molar-refractivity contribution < 1.29 is 0 Å². The molecule has 0 saturated carbocycles. The average Bonchev–Trinajstić information content (AvgIpc) is 2.40. The second-order valence-electron chi connectivity index (χ2n) is 4.84. The minimum Gasteiger partial charge on any atom is -0.383 e. The van der Waals surface area contributed by atoms with Crippen LogP contribution in [0.5, 0.6) is 0 Å². The maximum absolute atomic E-state index is 5.90. The Hall–Kier alpha value is -1.63. The molecular weight excluding hydrogens is 276 g/mol. The van der Waals surface area contributed by atoms with Crippen molar-refractivity contribution in [1.29, 1.82) is 0 Å². The monoisotopic (exact) mass is 294 g/mol. The van der Waals surface area contributed by atoms with E-state index in [-0.39, 0.29) is 18.4 Å². The van der Waals surface area contributed by atoms with Gasteiger partial charge in [0.1, 0.15) is 5.82 Å². The summed E-state index contributed by atoms with van der Waals surface area (Å²) in [5.74, 6) is 0.671. The molecule has 1 saturated heterocycles. The number of nitrogens with zero attached hydrogens (tertiary/aromatic N) is 3. The lowest BCUT2D eigenvalue weighted by Crippen LogP contribution is -2.42. The number of nitrogen functional groups attached to an aromatic ring is 2. The largest absolute Gasteiger partial charge is 0.383 e. The van der Waals surface area contributed by atoms with Crippen LogP contribution in [0.3, 0.4) is 0 Å². The summed E-state index contributed by atoms with van der Waals surface area (Å²) in [5.41, 5.74) is 13.5. The lowest BCUT2D eigenvalue weighted by molar-refractivity contribution is 0.233. The number of hydrogen-bond donors (Lipinski definition) is 3. The van der Waals surface area contributed by atoms with Gasteiger partial charge in [-0.05, 0) is 17.7 Å². The van der Waals surface area contributed by atoms with Gasteiger partial charge < -0.3 is 16.8 Å². The summed E-state index contributed by atoms with van der Waals surface area (Å²) in [5, 5.41) is 4.23. The van der Waals surface area contributed by atoms with E-state index < -0.39 is 0 Å². The standard InChI is InChI=1S/C13H18N6.ClH/c14-12-10-7-9(8-19-5-3-16-4-6-19)1-2-11(10)17-13(15)18-12;/h1-2,7,16H,3-6,8H2,(H4,14,15,17,18);1H. The Kier molecular flexibility index (Phi) is 4.59. The van der Waals surface area contributed by atoms with Crippen molar-refractivity contribution in [2.45, 2.75) is 6.54 Å². The first-order valence-electron chi connectivity index (χ1n) is 6.47. The molecule has 1 fully saturated rings. The molecule has 5 N–H and O–H groups in total. The van der Waals surface area contributed by atoms with Gasteiger partial charge in [0, 0.05) is 38.1 Å². The summed E-state index contributed by atoms with van der Waals surface area (Å²) in [6, 6.07) is 6.10. The summed E-state index contributed by atoms with van der Waals surface area (Å²) < 4.78 is 0. The van der Waals surface area contributed by atoms with Crippen molar-refractivity contribution >= 4 is 35.1 Å². The minimum absolute atomic E-state index is 0. The molecule has 20 heavy (non-hydrogen) atoms. The molecule has 3 rings (SSSR count). The highest BCUT2D eigenvalue weighted by Gasteiger charge is 2.11. The first-order chi connectivity index (χ1) is 9.22. The molecule has 0 aliphatic carbocycles. The Morgan fingerprint density at radius 3 is 2.65 bits per heavy atom. The maximum atomic E-state index is 5.90. The Bertz CT molecular complexity index is 597. The van der Waals surface area contributed by atoms with E-state index in [0.29, 0.717) is 5.82 Å². The number of fused-ring (bicyclic) bond motifs is 1. The SMILES string of the molecule is Cl.Nc1nc(N)c2cc(CN3CCNCC3)ccc2n1. The Morgan fingerprint density at radius 1 is 1.15 bits per heavy atom. The Labute approximate surface area is 124 Å². The van der Waals surface area contributed by atoms with Gasteiger partial charge in [-0.15, -0.1) is 12.4 Å². The molecule has 2 aromatic rings. The zero-order valence-corrected chi connectivity index (χ0v) is 12.0. The molecule has 0 radical (unpaired) electrons. The number of rotatable bonds is 2. The van der Waals surface area contributed by atoms with Crippen LogP contribution in [0.1, 0.15) is 5.56 Å². The van der Waals surface area contributed by atoms with E-state index in [1.165, 1.54) is 5.56 Å². The van der Waals surface area contributed by atoms with E-state index in [1.54, 1.807) is 0 Å². The van der Waals surface area contributed by atoms with Crippen LogP contribution >= 0.6 is 12.4 Å². The van der Waals surface area contributed by atoms with Gasteiger partial charge in [-0.3, -0.25) is 4.90 Å². The fraction of sp³-hybridized carbons (Fsp3) is 0.385. The molecule has 0 bridgehead atoms. The Balaban J connectivity index is 0.00000147. The van der Waals surface area contributed by atoms with Crippen LogP contribution in [-0.4, -0.2) is 41.0 Å². The number of halogens is 1. The minimum atomic E-state index is 0. The predicted octanol–water partition coefficient (Wildman–Crippen LogP) is 0.621. The van der Waals surface area contributed by atoms with Crippen LogP contribution in [0.4, 0.5) is 11.8 Å². The highest BCUT2D eigenvalue weighted by molar-refractivity contribution is 5.89. The summed E-state index contributed by atoms with van der Waals surface area (Å²) in [7, 11) is 0. The summed E-state index contributed by atoms with van der Waals surface area (Å²) >= 11 is 0. The molecule has 6 nitrogen and oxygen atoms in total. The molecule has 0 spiro atoms. The third-order valence-corrected chi connectivity index (χ3v) is 3.42. The summed E-state index contributed by atoms with van der Waals surface area (Å²) in [6.07, 6.45) is 0.